The lowest BCUT2D eigenvalue weighted by Crippen LogP contribution is -2.30. The van der Waals surface area contributed by atoms with Crippen molar-refractivity contribution in [1.82, 2.24) is 15.3 Å². The molecule has 0 fully saturated rings. The van der Waals surface area contributed by atoms with Crippen molar-refractivity contribution in [3.05, 3.63) is 53.1 Å². The van der Waals surface area contributed by atoms with Crippen molar-refractivity contribution in [2.24, 2.45) is 0 Å². The van der Waals surface area contributed by atoms with E-state index in [1.807, 2.05) is 27.7 Å². The van der Waals surface area contributed by atoms with Crippen LogP contribution in [0.25, 0.3) is 0 Å². The van der Waals surface area contributed by atoms with Crippen LogP contribution in [-0.2, 0) is 6.42 Å². The first-order valence-corrected chi connectivity index (χ1v) is 7.90. The monoisotopic (exact) mass is 330 g/mol. The van der Waals surface area contributed by atoms with Gasteiger partial charge in [0.15, 0.2) is 0 Å². The van der Waals surface area contributed by atoms with Crippen LogP contribution >= 0.6 is 0 Å². The number of halogens is 1. The SMILES string of the molecule is Cc1cc(C(=O)NCCc2ccccc2F)nc(NC(C)(C)C)n1. The van der Waals surface area contributed by atoms with E-state index in [1.165, 1.54) is 6.07 Å². The van der Waals surface area contributed by atoms with Gasteiger partial charge in [-0.25, -0.2) is 14.4 Å². The van der Waals surface area contributed by atoms with Crippen molar-refractivity contribution in [2.45, 2.75) is 39.7 Å². The second kappa shape index (κ2) is 7.38. The molecule has 1 heterocycles. The zero-order chi connectivity index (χ0) is 17.7. The molecule has 1 aromatic carbocycles. The summed E-state index contributed by atoms with van der Waals surface area (Å²) >= 11 is 0. The number of hydrogen-bond acceptors (Lipinski definition) is 4. The number of nitrogens with zero attached hydrogens (tertiary/aromatic N) is 2. The normalized spacial score (nSPS) is 11.2. The number of rotatable bonds is 5. The zero-order valence-corrected chi connectivity index (χ0v) is 14.5. The van der Waals surface area contributed by atoms with Crippen LogP contribution in [-0.4, -0.2) is 28.0 Å². The molecular formula is C18H23FN4O. The summed E-state index contributed by atoms with van der Waals surface area (Å²) in [4.78, 5) is 20.8. The van der Waals surface area contributed by atoms with E-state index in [0.717, 1.165) is 0 Å². The molecule has 0 bridgehead atoms. The van der Waals surface area contributed by atoms with Crippen molar-refractivity contribution in [3.63, 3.8) is 0 Å². The molecule has 0 saturated carbocycles. The van der Waals surface area contributed by atoms with Gasteiger partial charge in [-0.3, -0.25) is 4.79 Å². The lowest BCUT2D eigenvalue weighted by molar-refractivity contribution is 0.0949. The summed E-state index contributed by atoms with van der Waals surface area (Å²) < 4.78 is 13.6. The van der Waals surface area contributed by atoms with Gasteiger partial charge in [0.2, 0.25) is 5.95 Å². The molecule has 5 nitrogen and oxygen atoms in total. The molecule has 0 spiro atoms. The molecular weight excluding hydrogens is 307 g/mol. The largest absolute Gasteiger partial charge is 0.350 e. The maximum absolute atomic E-state index is 13.6. The Hall–Kier alpha value is -2.50. The maximum atomic E-state index is 13.6. The van der Waals surface area contributed by atoms with E-state index in [1.54, 1.807) is 24.3 Å². The Morgan fingerprint density at radius 1 is 1.21 bits per heavy atom. The summed E-state index contributed by atoms with van der Waals surface area (Å²) in [5.41, 5.74) is 1.37. The Labute approximate surface area is 141 Å². The topological polar surface area (TPSA) is 66.9 Å². The van der Waals surface area contributed by atoms with Gasteiger partial charge in [0.1, 0.15) is 11.5 Å². The van der Waals surface area contributed by atoms with E-state index < -0.39 is 0 Å². The van der Waals surface area contributed by atoms with Crippen LogP contribution in [0.2, 0.25) is 0 Å². The highest BCUT2D eigenvalue weighted by molar-refractivity contribution is 5.92. The fourth-order valence-corrected chi connectivity index (χ4v) is 2.18. The molecule has 2 aromatic rings. The number of aromatic nitrogens is 2. The smallest absolute Gasteiger partial charge is 0.270 e. The van der Waals surface area contributed by atoms with Gasteiger partial charge in [-0.05, 0) is 51.8 Å². The second-order valence-corrected chi connectivity index (χ2v) is 6.69. The van der Waals surface area contributed by atoms with Gasteiger partial charge in [0.25, 0.3) is 5.91 Å². The quantitative estimate of drug-likeness (QED) is 0.884. The van der Waals surface area contributed by atoms with Gasteiger partial charge < -0.3 is 10.6 Å². The minimum absolute atomic E-state index is 0.202. The molecule has 6 heteroatoms. The minimum Gasteiger partial charge on any atom is -0.350 e. The number of hydrogen-bond donors (Lipinski definition) is 2. The molecule has 0 aliphatic carbocycles. The molecule has 0 saturated heterocycles. The predicted octanol–water partition coefficient (Wildman–Crippen LogP) is 3.11. The van der Waals surface area contributed by atoms with E-state index in [9.17, 15) is 9.18 Å². The summed E-state index contributed by atoms with van der Waals surface area (Å²) in [6.45, 7) is 8.13. The van der Waals surface area contributed by atoms with E-state index in [-0.39, 0.29) is 17.3 Å². The standard InChI is InChI=1S/C18H23FN4O/c1-12-11-15(22-17(21-12)23-18(2,3)4)16(24)20-10-9-13-7-5-6-8-14(13)19/h5-8,11H,9-10H2,1-4H3,(H,20,24)(H,21,22,23). The molecule has 24 heavy (non-hydrogen) atoms. The zero-order valence-electron chi connectivity index (χ0n) is 14.5. The van der Waals surface area contributed by atoms with Gasteiger partial charge in [-0.15, -0.1) is 0 Å². The maximum Gasteiger partial charge on any atom is 0.270 e. The van der Waals surface area contributed by atoms with Crippen LogP contribution in [0.4, 0.5) is 10.3 Å². The Morgan fingerprint density at radius 2 is 1.92 bits per heavy atom. The van der Waals surface area contributed by atoms with Crippen LogP contribution in [0.5, 0.6) is 0 Å². The average molecular weight is 330 g/mol. The fourth-order valence-electron chi connectivity index (χ4n) is 2.18. The van der Waals surface area contributed by atoms with Crippen molar-refractivity contribution in [1.29, 1.82) is 0 Å². The molecule has 0 aliphatic heterocycles. The van der Waals surface area contributed by atoms with E-state index >= 15 is 0 Å². The number of amides is 1. The second-order valence-electron chi connectivity index (χ2n) is 6.69. The van der Waals surface area contributed by atoms with Crippen LogP contribution in [0.1, 0.15) is 42.5 Å². The van der Waals surface area contributed by atoms with Crippen molar-refractivity contribution < 1.29 is 9.18 Å². The highest BCUT2D eigenvalue weighted by Gasteiger charge is 2.15. The van der Waals surface area contributed by atoms with Crippen molar-refractivity contribution >= 4 is 11.9 Å². The average Bonchev–Trinajstić information content (AvgIpc) is 2.46. The third kappa shape index (κ3) is 5.30. The first-order valence-electron chi connectivity index (χ1n) is 7.90. The molecule has 1 amide bonds. The van der Waals surface area contributed by atoms with Crippen LogP contribution in [0.3, 0.4) is 0 Å². The summed E-state index contributed by atoms with van der Waals surface area (Å²) in [6, 6.07) is 8.17. The molecule has 0 atom stereocenters. The lowest BCUT2D eigenvalue weighted by Gasteiger charge is -2.20. The van der Waals surface area contributed by atoms with Crippen LogP contribution < -0.4 is 10.6 Å². The molecule has 0 radical (unpaired) electrons. The lowest BCUT2D eigenvalue weighted by atomic mass is 10.1. The molecule has 2 N–H and O–H groups in total. The predicted molar refractivity (Wildman–Crippen MR) is 92.6 cm³/mol. The summed E-state index contributed by atoms with van der Waals surface area (Å²) in [5, 5.41) is 5.92. The van der Waals surface area contributed by atoms with Crippen LogP contribution in [0, 0.1) is 12.7 Å². The summed E-state index contributed by atoms with van der Waals surface area (Å²) in [5.74, 6) is -0.142. The number of carbonyl (C=O) groups is 1. The molecule has 0 unspecified atom stereocenters. The summed E-state index contributed by atoms with van der Waals surface area (Å²) in [7, 11) is 0. The molecule has 0 aliphatic rings. The summed E-state index contributed by atoms with van der Waals surface area (Å²) in [6.07, 6.45) is 0.426. The van der Waals surface area contributed by atoms with Crippen LogP contribution in [0.15, 0.2) is 30.3 Å². The molecule has 128 valence electrons. The van der Waals surface area contributed by atoms with Crippen molar-refractivity contribution in [3.8, 4) is 0 Å². The fraction of sp³-hybridized carbons (Fsp3) is 0.389. The highest BCUT2D eigenvalue weighted by atomic mass is 19.1. The van der Waals surface area contributed by atoms with Crippen molar-refractivity contribution in [2.75, 3.05) is 11.9 Å². The first-order chi connectivity index (χ1) is 11.2. The number of carbonyl (C=O) groups excluding carboxylic acids is 1. The van der Waals surface area contributed by atoms with E-state index in [2.05, 4.69) is 20.6 Å². The highest BCUT2D eigenvalue weighted by Crippen LogP contribution is 2.12. The number of aryl methyl sites for hydroxylation is 1. The third-order valence-corrected chi connectivity index (χ3v) is 3.21. The minimum atomic E-state index is -0.297. The van der Waals surface area contributed by atoms with Gasteiger partial charge in [-0.1, -0.05) is 18.2 Å². The number of nitrogens with one attached hydrogen (secondary N) is 2. The van der Waals surface area contributed by atoms with Gasteiger partial charge in [-0.2, -0.15) is 0 Å². The number of benzene rings is 1. The van der Waals surface area contributed by atoms with E-state index in [0.29, 0.717) is 35.9 Å². The van der Waals surface area contributed by atoms with Gasteiger partial charge >= 0.3 is 0 Å². The van der Waals surface area contributed by atoms with Gasteiger partial charge in [0, 0.05) is 17.8 Å². The molecule has 2 rings (SSSR count). The third-order valence-electron chi connectivity index (χ3n) is 3.21. The Kier molecular flexibility index (Phi) is 5.49. The Bertz CT molecular complexity index is 725. The van der Waals surface area contributed by atoms with E-state index in [4.69, 9.17) is 0 Å². The number of anilines is 1. The Balaban J connectivity index is 2.00. The molecule has 1 aromatic heterocycles. The first kappa shape index (κ1) is 17.8. The Morgan fingerprint density at radius 3 is 2.58 bits per heavy atom. The van der Waals surface area contributed by atoms with Gasteiger partial charge in [0.05, 0.1) is 0 Å².